The molecule has 0 aliphatic carbocycles. The molecule has 0 aromatic heterocycles. The Morgan fingerprint density at radius 1 is 1.33 bits per heavy atom. The zero-order valence-corrected chi connectivity index (χ0v) is 12.7. The number of hydrogen-bond acceptors (Lipinski definition) is 5. The average molecular weight is 311 g/mol. The third kappa shape index (κ3) is 2.92. The molecule has 1 saturated heterocycles. The molecule has 1 heterocycles. The van der Waals surface area contributed by atoms with Crippen molar-refractivity contribution in [3.8, 4) is 0 Å². The van der Waals surface area contributed by atoms with Gasteiger partial charge in [-0.2, -0.15) is 0 Å². The smallest absolute Gasteiger partial charge is 0.318 e. The SMILES string of the molecule is CCOC(=O)C1CCN(S(=O)(=O)c2ccc(C)cc2)C1=O. The van der Waals surface area contributed by atoms with E-state index in [1.165, 1.54) is 12.1 Å². The van der Waals surface area contributed by atoms with Crippen molar-refractivity contribution in [1.82, 2.24) is 4.31 Å². The van der Waals surface area contributed by atoms with E-state index in [1.807, 2.05) is 6.92 Å². The summed E-state index contributed by atoms with van der Waals surface area (Å²) in [6.45, 7) is 3.64. The fourth-order valence-corrected chi connectivity index (χ4v) is 3.64. The minimum absolute atomic E-state index is 0.00146. The maximum atomic E-state index is 12.4. The van der Waals surface area contributed by atoms with Gasteiger partial charge in [-0.3, -0.25) is 9.59 Å². The van der Waals surface area contributed by atoms with Gasteiger partial charge in [-0.1, -0.05) is 17.7 Å². The van der Waals surface area contributed by atoms with Gasteiger partial charge in [0.25, 0.3) is 15.9 Å². The van der Waals surface area contributed by atoms with Crippen molar-refractivity contribution in [2.75, 3.05) is 13.2 Å². The number of ether oxygens (including phenoxy) is 1. The molecule has 1 atom stereocenters. The minimum Gasteiger partial charge on any atom is -0.465 e. The molecule has 0 N–H and O–H groups in total. The predicted octanol–water partition coefficient (Wildman–Crippen LogP) is 1.10. The van der Waals surface area contributed by atoms with Crippen LogP contribution in [0.15, 0.2) is 29.2 Å². The molecule has 114 valence electrons. The van der Waals surface area contributed by atoms with Crippen LogP contribution < -0.4 is 0 Å². The third-order valence-corrected chi connectivity index (χ3v) is 5.16. The van der Waals surface area contributed by atoms with E-state index in [9.17, 15) is 18.0 Å². The van der Waals surface area contributed by atoms with Crippen LogP contribution in [0.5, 0.6) is 0 Å². The van der Waals surface area contributed by atoms with Gasteiger partial charge in [-0.15, -0.1) is 0 Å². The second-order valence-electron chi connectivity index (χ2n) is 4.82. The van der Waals surface area contributed by atoms with Crippen LogP contribution in [0.2, 0.25) is 0 Å². The van der Waals surface area contributed by atoms with Crippen molar-refractivity contribution in [3.05, 3.63) is 29.8 Å². The number of nitrogens with zero attached hydrogens (tertiary/aromatic N) is 1. The summed E-state index contributed by atoms with van der Waals surface area (Å²) in [6, 6.07) is 6.23. The van der Waals surface area contributed by atoms with Crippen molar-refractivity contribution in [2.24, 2.45) is 5.92 Å². The largest absolute Gasteiger partial charge is 0.465 e. The highest BCUT2D eigenvalue weighted by atomic mass is 32.2. The Morgan fingerprint density at radius 3 is 2.52 bits per heavy atom. The Kier molecular flexibility index (Phi) is 4.32. The number of rotatable bonds is 4. The lowest BCUT2D eigenvalue weighted by Gasteiger charge is -2.17. The molecule has 1 unspecified atom stereocenters. The summed E-state index contributed by atoms with van der Waals surface area (Å²) in [6.07, 6.45) is 0.156. The van der Waals surface area contributed by atoms with E-state index in [1.54, 1.807) is 19.1 Å². The van der Waals surface area contributed by atoms with Crippen molar-refractivity contribution in [3.63, 3.8) is 0 Å². The van der Waals surface area contributed by atoms with Gasteiger partial charge < -0.3 is 4.74 Å². The zero-order valence-electron chi connectivity index (χ0n) is 11.9. The van der Waals surface area contributed by atoms with Crippen molar-refractivity contribution >= 4 is 21.9 Å². The Hall–Kier alpha value is -1.89. The lowest BCUT2D eigenvalue weighted by molar-refractivity contribution is -0.151. The van der Waals surface area contributed by atoms with Crippen LogP contribution in [-0.4, -0.2) is 37.8 Å². The monoisotopic (exact) mass is 311 g/mol. The molecule has 1 aromatic rings. The van der Waals surface area contributed by atoms with Gasteiger partial charge >= 0.3 is 5.97 Å². The average Bonchev–Trinajstić information content (AvgIpc) is 2.82. The highest BCUT2D eigenvalue weighted by molar-refractivity contribution is 7.89. The molecule has 1 fully saturated rings. The van der Waals surface area contributed by atoms with Gasteiger partial charge in [0.15, 0.2) is 0 Å². The number of benzene rings is 1. The summed E-state index contributed by atoms with van der Waals surface area (Å²) >= 11 is 0. The Morgan fingerprint density at radius 2 is 1.95 bits per heavy atom. The third-order valence-electron chi connectivity index (χ3n) is 3.34. The standard InChI is InChI=1S/C14H17NO5S/c1-3-20-14(17)12-8-9-15(13(12)16)21(18,19)11-6-4-10(2)5-7-11/h4-7,12H,3,8-9H2,1-2H3. The lowest BCUT2D eigenvalue weighted by Crippen LogP contribution is -2.36. The molecule has 0 radical (unpaired) electrons. The van der Waals surface area contributed by atoms with Crippen LogP contribution in [0.1, 0.15) is 18.9 Å². The summed E-state index contributed by atoms with van der Waals surface area (Å²) in [4.78, 5) is 23.8. The molecule has 1 aliphatic heterocycles. The number of esters is 1. The summed E-state index contributed by atoms with van der Waals surface area (Å²) in [5.74, 6) is -2.40. The number of carbonyl (C=O) groups excluding carboxylic acids is 2. The number of amides is 1. The molecular formula is C14H17NO5S. The first-order valence-corrected chi connectivity index (χ1v) is 8.12. The van der Waals surface area contributed by atoms with Crippen LogP contribution in [0.3, 0.4) is 0 Å². The lowest BCUT2D eigenvalue weighted by atomic mass is 10.1. The Labute approximate surface area is 123 Å². The van der Waals surface area contributed by atoms with E-state index in [-0.39, 0.29) is 24.5 Å². The second kappa shape index (κ2) is 5.85. The maximum absolute atomic E-state index is 12.4. The molecule has 1 aliphatic rings. The zero-order chi connectivity index (χ0) is 15.6. The number of sulfonamides is 1. The summed E-state index contributed by atoms with van der Waals surface area (Å²) in [7, 11) is -3.91. The van der Waals surface area contributed by atoms with Crippen LogP contribution in [0.4, 0.5) is 0 Å². The number of carbonyl (C=O) groups is 2. The van der Waals surface area contributed by atoms with E-state index in [0.717, 1.165) is 9.87 Å². The fraction of sp³-hybridized carbons (Fsp3) is 0.429. The van der Waals surface area contributed by atoms with Gasteiger partial charge in [0.2, 0.25) is 0 Å². The quantitative estimate of drug-likeness (QED) is 0.614. The van der Waals surface area contributed by atoms with Gasteiger partial charge in [0, 0.05) is 6.54 Å². The van der Waals surface area contributed by atoms with E-state index >= 15 is 0 Å². The van der Waals surface area contributed by atoms with Crippen molar-refractivity contribution < 1.29 is 22.7 Å². The van der Waals surface area contributed by atoms with Crippen LogP contribution in [0.25, 0.3) is 0 Å². The van der Waals surface area contributed by atoms with Crippen LogP contribution >= 0.6 is 0 Å². The first-order chi connectivity index (χ1) is 9.87. The Balaban J connectivity index is 2.24. The predicted molar refractivity (Wildman–Crippen MR) is 74.8 cm³/mol. The first-order valence-electron chi connectivity index (χ1n) is 6.67. The van der Waals surface area contributed by atoms with Crippen molar-refractivity contribution in [2.45, 2.75) is 25.2 Å². The van der Waals surface area contributed by atoms with E-state index < -0.39 is 27.8 Å². The van der Waals surface area contributed by atoms with E-state index in [4.69, 9.17) is 4.74 Å². The molecule has 0 bridgehead atoms. The van der Waals surface area contributed by atoms with E-state index in [2.05, 4.69) is 0 Å². The molecule has 21 heavy (non-hydrogen) atoms. The molecule has 6 nitrogen and oxygen atoms in total. The van der Waals surface area contributed by atoms with E-state index in [0.29, 0.717) is 0 Å². The fourth-order valence-electron chi connectivity index (χ4n) is 2.19. The molecule has 2 rings (SSSR count). The summed E-state index contributed by atoms with van der Waals surface area (Å²) in [5, 5.41) is 0. The van der Waals surface area contributed by atoms with Gasteiger partial charge in [-0.25, -0.2) is 12.7 Å². The minimum atomic E-state index is -3.91. The number of aryl methyl sites for hydroxylation is 1. The molecule has 7 heteroatoms. The van der Waals surface area contributed by atoms with Crippen molar-refractivity contribution in [1.29, 1.82) is 0 Å². The second-order valence-corrected chi connectivity index (χ2v) is 6.68. The molecule has 0 spiro atoms. The van der Waals surface area contributed by atoms with Gasteiger partial charge in [0.05, 0.1) is 11.5 Å². The summed E-state index contributed by atoms with van der Waals surface area (Å²) < 4.78 is 30.4. The summed E-state index contributed by atoms with van der Waals surface area (Å²) in [5.41, 5.74) is 0.922. The molecule has 1 amide bonds. The normalized spacial score (nSPS) is 18.9. The molecule has 0 saturated carbocycles. The Bertz CT molecular complexity index is 650. The first kappa shape index (κ1) is 15.5. The highest BCUT2D eigenvalue weighted by Gasteiger charge is 2.43. The van der Waals surface area contributed by atoms with Gasteiger partial charge in [-0.05, 0) is 32.4 Å². The number of hydrogen-bond donors (Lipinski definition) is 0. The molecular weight excluding hydrogens is 294 g/mol. The highest BCUT2D eigenvalue weighted by Crippen LogP contribution is 2.26. The maximum Gasteiger partial charge on any atom is 0.318 e. The molecule has 1 aromatic carbocycles. The van der Waals surface area contributed by atoms with Crippen LogP contribution in [-0.2, 0) is 24.3 Å². The topological polar surface area (TPSA) is 80.8 Å². The van der Waals surface area contributed by atoms with Crippen LogP contribution in [0, 0.1) is 12.8 Å². The van der Waals surface area contributed by atoms with Gasteiger partial charge in [0.1, 0.15) is 5.92 Å².